The maximum absolute atomic E-state index is 10.8. The lowest BCUT2D eigenvalue weighted by atomic mass is 10.1. The molecule has 2 atom stereocenters. The van der Waals surface area contributed by atoms with Crippen molar-refractivity contribution in [3.63, 3.8) is 0 Å². The third-order valence-electron chi connectivity index (χ3n) is 2.84. The van der Waals surface area contributed by atoms with Crippen LogP contribution < -0.4 is 0 Å². The summed E-state index contributed by atoms with van der Waals surface area (Å²) < 4.78 is 4.78. The quantitative estimate of drug-likeness (QED) is 0.545. The van der Waals surface area contributed by atoms with Crippen LogP contribution in [0.5, 0.6) is 0 Å². The lowest BCUT2D eigenvalue weighted by Gasteiger charge is -1.97. The van der Waals surface area contributed by atoms with E-state index in [0.29, 0.717) is 0 Å². The van der Waals surface area contributed by atoms with E-state index < -0.39 is 11.9 Å². The van der Waals surface area contributed by atoms with Crippen LogP contribution in [-0.4, -0.2) is 18.2 Å². The molecule has 14 heavy (non-hydrogen) atoms. The Hall–Kier alpha value is -1.50. The molecule has 4 nitrogen and oxygen atoms in total. The van der Waals surface area contributed by atoms with E-state index in [4.69, 9.17) is 15.1 Å². The third kappa shape index (κ3) is 1.58. The average molecular weight is 195 g/mol. The maximum Gasteiger partial charge on any atom is 0.307 e. The number of hydrogen-bond acceptors (Lipinski definition) is 3. The van der Waals surface area contributed by atoms with Crippen molar-refractivity contribution in [2.24, 2.45) is 17.3 Å². The topological polar surface area (TPSA) is 70.3 Å². The smallest absolute Gasteiger partial charge is 0.307 e. The highest BCUT2D eigenvalue weighted by molar-refractivity contribution is 5.76. The third-order valence-corrected chi connectivity index (χ3v) is 2.84. The van der Waals surface area contributed by atoms with Crippen LogP contribution in [0.4, 0.5) is 0 Å². The Morgan fingerprint density at radius 3 is 2.50 bits per heavy atom. The van der Waals surface area contributed by atoms with Crippen molar-refractivity contribution in [2.45, 2.75) is 13.8 Å². The number of carboxylic acid groups (broad SMARTS) is 1. The molecule has 1 fully saturated rings. The second kappa shape index (κ2) is 3.33. The van der Waals surface area contributed by atoms with Crippen LogP contribution >= 0.6 is 0 Å². The molecule has 0 amide bonds. The molecule has 1 unspecified atom stereocenters. The Bertz CT molecular complexity index is 325. The van der Waals surface area contributed by atoms with Crippen LogP contribution in [0, 0.1) is 28.6 Å². The first kappa shape index (κ1) is 10.6. The molecule has 1 N–H and O–H groups in total. The molecule has 0 aromatic rings. The summed E-state index contributed by atoms with van der Waals surface area (Å²) in [5.41, 5.74) is -0.271. The zero-order valence-electron chi connectivity index (χ0n) is 8.44. The molecule has 0 aromatic carbocycles. The van der Waals surface area contributed by atoms with Crippen molar-refractivity contribution in [3.05, 3.63) is 11.8 Å². The van der Waals surface area contributed by atoms with E-state index >= 15 is 0 Å². The van der Waals surface area contributed by atoms with Crippen LogP contribution in [-0.2, 0) is 9.53 Å². The standard InChI is InChI=1S/C10H13NO3/c1-10(2)7(8(10)9(12)13)4-6(5-11)14-3/h4,7-8H,1-3H3,(H,12,13)/b6-4+/t7?,8-/m0/s1. The van der Waals surface area contributed by atoms with Crippen molar-refractivity contribution in [2.75, 3.05) is 7.11 Å². The molecule has 0 saturated heterocycles. The van der Waals surface area contributed by atoms with Crippen molar-refractivity contribution in [1.82, 2.24) is 0 Å². The van der Waals surface area contributed by atoms with Crippen molar-refractivity contribution >= 4 is 5.97 Å². The van der Waals surface area contributed by atoms with Gasteiger partial charge in [-0.05, 0) is 11.5 Å². The van der Waals surface area contributed by atoms with E-state index in [1.807, 2.05) is 19.9 Å². The number of aliphatic carboxylic acids is 1. The molecule has 4 heteroatoms. The summed E-state index contributed by atoms with van der Waals surface area (Å²) in [5, 5.41) is 17.5. The first-order chi connectivity index (χ1) is 6.45. The van der Waals surface area contributed by atoms with Gasteiger partial charge in [0.15, 0.2) is 5.76 Å². The van der Waals surface area contributed by atoms with Crippen LogP contribution in [0.25, 0.3) is 0 Å². The van der Waals surface area contributed by atoms with Gasteiger partial charge in [0.1, 0.15) is 6.07 Å². The van der Waals surface area contributed by atoms with Gasteiger partial charge in [-0.3, -0.25) is 4.79 Å². The number of ether oxygens (including phenoxy) is 1. The largest absolute Gasteiger partial charge is 0.487 e. The molecule has 0 aromatic heterocycles. The number of nitrogens with zero attached hydrogens (tertiary/aromatic N) is 1. The molecular formula is C10H13NO3. The summed E-state index contributed by atoms with van der Waals surface area (Å²) in [6.45, 7) is 3.75. The monoisotopic (exact) mass is 195 g/mol. The van der Waals surface area contributed by atoms with Gasteiger partial charge in [0.05, 0.1) is 13.0 Å². The number of carbonyl (C=O) groups is 1. The SMILES string of the molecule is CO/C(C#N)=C/C1[C@@H](C(=O)O)C1(C)C. The Balaban J connectivity index is 2.80. The van der Waals surface area contributed by atoms with E-state index in [2.05, 4.69) is 0 Å². The van der Waals surface area contributed by atoms with Gasteiger partial charge in [-0.15, -0.1) is 0 Å². The van der Waals surface area contributed by atoms with Gasteiger partial charge in [-0.1, -0.05) is 13.8 Å². The zero-order chi connectivity index (χ0) is 10.9. The van der Waals surface area contributed by atoms with Gasteiger partial charge in [-0.2, -0.15) is 5.26 Å². The number of carboxylic acids is 1. The highest BCUT2D eigenvalue weighted by Gasteiger charge is 2.61. The predicted octanol–water partition coefficient (Wildman–Crippen LogP) is 1.40. The summed E-state index contributed by atoms with van der Waals surface area (Å²) in [6.07, 6.45) is 1.60. The van der Waals surface area contributed by atoms with Crippen LogP contribution in [0.1, 0.15) is 13.8 Å². The second-order valence-electron chi connectivity index (χ2n) is 4.01. The van der Waals surface area contributed by atoms with Crippen molar-refractivity contribution in [3.8, 4) is 6.07 Å². The van der Waals surface area contributed by atoms with Gasteiger partial charge in [-0.25, -0.2) is 0 Å². The number of methoxy groups -OCH3 is 1. The number of rotatable bonds is 3. The Morgan fingerprint density at radius 1 is 1.64 bits per heavy atom. The molecule has 1 rings (SSSR count). The predicted molar refractivity (Wildman–Crippen MR) is 49.1 cm³/mol. The molecular weight excluding hydrogens is 182 g/mol. The molecule has 76 valence electrons. The molecule has 1 saturated carbocycles. The first-order valence-corrected chi connectivity index (χ1v) is 4.34. The maximum atomic E-state index is 10.8. The van der Waals surface area contributed by atoms with Crippen molar-refractivity contribution < 1.29 is 14.6 Å². The minimum atomic E-state index is -0.815. The number of hydrogen-bond donors (Lipinski definition) is 1. The summed E-state index contributed by atoms with van der Waals surface area (Å²) in [6, 6.07) is 1.87. The normalized spacial score (nSPS) is 29.1. The molecule has 1 aliphatic carbocycles. The molecule has 0 aliphatic heterocycles. The summed E-state index contributed by atoms with van der Waals surface area (Å²) in [5.74, 6) is -1.13. The summed E-state index contributed by atoms with van der Waals surface area (Å²) >= 11 is 0. The van der Waals surface area contributed by atoms with Crippen LogP contribution in [0.15, 0.2) is 11.8 Å². The van der Waals surface area contributed by atoms with E-state index in [1.54, 1.807) is 6.08 Å². The first-order valence-electron chi connectivity index (χ1n) is 4.34. The average Bonchev–Trinajstić information content (AvgIpc) is 2.63. The summed E-state index contributed by atoms with van der Waals surface area (Å²) in [7, 11) is 1.40. The van der Waals surface area contributed by atoms with E-state index in [1.165, 1.54) is 7.11 Å². The zero-order valence-corrected chi connectivity index (χ0v) is 8.44. The Kier molecular flexibility index (Phi) is 2.52. The van der Waals surface area contributed by atoms with Gasteiger partial charge in [0.2, 0.25) is 0 Å². The second-order valence-corrected chi connectivity index (χ2v) is 4.01. The van der Waals surface area contributed by atoms with Gasteiger partial charge in [0, 0.05) is 5.92 Å². The molecule has 0 bridgehead atoms. The van der Waals surface area contributed by atoms with E-state index in [0.717, 1.165) is 0 Å². The molecule has 0 spiro atoms. The minimum absolute atomic E-state index is 0.102. The van der Waals surface area contributed by atoms with Crippen LogP contribution in [0.3, 0.4) is 0 Å². The van der Waals surface area contributed by atoms with Gasteiger partial charge >= 0.3 is 5.97 Å². The fourth-order valence-corrected chi connectivity index (χ4v) is 1.77. The van der Waals surface area contributed by atoms with Gasteiger partial charge < -0.3 is 9.84 Å². The molecule has 0 radical (unpaired) electrons. The van der Waals surface area contributed by atoms with Crippen molar-refractivity contribution in [1.29, 1.82) is 5.26 Å². The Labute approximate surface area is 82.8 Å². The lowest BCUT2D eigenvalue weighted by molar-refractivity contribution is -0.139. The molecule has 1 aliphatic rings. The van der Waals surface area contributed by atoms with E-state index in [-0.39, 0.29) is 17.1 Å². The van der Waals surface area contributed by atoms with E-state index in [9.17, 15) is 4.79 Å². The number of nitriles is 1. The highest BCUT2D eigenvalue weighted by Crippen LogP contribution is 2.59. The minimum Gasteiger partial charge on any atom is -0.487 e. The lowest BCUT2D eigenvalue weighted by Crippen LogP contribution is -2.03. The summed E-state index contributed by atoms with van der Waals surface area (Å²) in [4.78, 5) is 10.8. The Morgan fingerprint density at radius 2 is 2.21 bits per heavy atom. The molecule has 0 heterocycles. The fourth-order valence-electron chi connectivity index (χ4n) is 1.77. The fraction of sp³-hybridized carbons (Fsp3) is 0.600. The highest BCUT2D eigenvalue weighted by atomic mass is 16.5. The van der Waals surface area contributed by atoms with Gasteiger partial charge in [0.25, 0.3) is 0 Å². The number of allylic oxidation sites excluding steroid dienone is 2. The van der Waals surface area contributed by atoms with Crippen LogP contribution in [0.2, 0.25) is 0 Å².